The van der Waals surface area contributed by atoms with Gasteiger partial charge in [-0.2, -0.15) is 0 Å². The van der Waals surface area contributed by atoms with Crippen LogP contribution < -0.4 is 4.68 Å². The number of hydrogen-bond donors (Lipinski definition) is 0. The van der Waals surface area contributed by atoms with Crippen molar-refractivity contribution < 1.29 is 21.9 Å². The molecule has 2 aliphatic rings. The predicted molar refractivity (Wildman–Crippen MR) is 123 cm³/mol. The summed E-state index contributed by atoms with van der Waals surface area (Å²) in [5.74, 6) is 0. The Morgan fingerprint density at radius 2 is 1.57 bits per heavy atom. The molecule has 0 atom stereocenters. The van der Waals surface area contributed by atoms with Gasteiger partial charge in [0.1, 0.15) is 13.6 Å². The van der Waals surface area contributed by atoms with Gasteiger partial charge in [0.05, 0.1) is 18.6 Å². The molecule has 0 fully saturated rings. The number of aryl methyl sites for hydroxylation is 1. The van der Waals surface area contributed by atoms with Crippen molar-refractivity contribution in [3.63, 3.8) is 0 Å². The highest BCUT2D eigenvalue weighted by atomic mass is 32.2. The van der Waals surface area contributed by atoms with E-state index < -0.39 is 7.25 Å². The largest absolute Gasteiger partial charge is 0.673 e. The Bertz CT molecular complexity index is 994. The second-order valence-corrected chi connectivity index (χ2v) is 11.2. The monoisotopic (exact) mass is 491 g/mol. The molecule has 1 aromatic carbocycles. The van der Waals surface area contributed by atoms with Crippen molar-refractivity contribution >= 4 is 59.2 Å². The average molecular weight is 491 g/mol. The van der Waals surface area contributed by atoms with Gasteiger partial charge < -0.3 is 17.3 Å². The molecule has 0 bridgehead atoms. The fourth-order valence-corrected chi connectivity index (χ4v) is 7.67. The summed E-state index contributed by atoms with van der Waals surface area (Å²) in [6.45, 7) is 5.19. The van der Waals surface area contributed by atoms with Crippen LogP contribution >= 0.6 is 47.0 Å². The molecule has 0 radical (unpaired) electrons. The predicted octanol–water partition coefficient (Wildman–Crippen LogP) is 6.69. The first-order valence-electron chi connectivity index (χ1n) is 8.77. The zero-order valence-electron chi connectivity index (χ0n) is 16.3. The highest BCUT2D eigenvalue weighted by molar-refractivity contribution is 8.35. The molecule has 2 aliphatic heterocycles. The summed E-state index contributed by atoms with van der Waals surface area (Å²) >= 11 is 7.50. The maximum atomic E-state index is 9.75. The Balaban J connectivity index is 0.000000461. The van der Waals surface area contributed by atoms with Gasteiger partial charge in [-0.3, -0.25) is 0 Å². The van der Waals surface area contributed by atoms with Gasteiger partial charge >= 0.3 is 7.25 Å². The number of hydrogen-bond acceptors (Lipinski definition) is 5. The van der Waals surface area contributed by atoms with Crippen molar-refractivity contribution in [2.75, 3.05) is 0 Å². The highest BCUT2D eigenvalue weighted by Gasteiger charge is 2.28. The molecule has 3 heterocycles. The van der Waals surface area contributed by atoms with Crippen molar-refractivity contribution in [1.82, 2.24) is 9.90 Å². The summed E-state index contributed by atoms with van der Waals surface area (Å²) in [6, 6.07) is 10.5. The zero-order chi connectivity index (χ0) is 21.9. The van der Waals surface area contributed by atoms with Crippen LogP contribution in [0.4, 0.5) is 17.3 Å². The second kappa shape index (κ2) is 9.93. The van der Waals surface area contributed by atoms with E-state index in [2.05, 4.69) is 59.6 Å². The molecule has 1 aromatic heterocycles. The molecule has 30 heavy (non-hydrogen) atoms. The minimum absolute atomic E-state index is 0.786. The Kier molecular flexibility index (Phi) is 7.75. The van der Waals surface area contributed by atoms with Gasteiger partial charge in [0.15, 0.2) is 6.20 Å². The molecular weight excluding hydrogens is 473 g/mol. The molecule has 0 saturated carbocycles. The molecule has 12 heteroatoms. The third-order valence-corrected chi connectivity index (χ3v) is 9.44. The minimum atomic E-state index is -6.00. The normalized spacial score (nSPS) is 16.7. The molecule has 4 rings (SSSR count). The summed E-state index contributed by atoms with van der Waals surface area (Å²) in [7, 11) is -4.02. The number of aromatic nitrogens is 3. The summed E-state index contributed by atoms with van der Waals surface area (Å²) in [6.07, 6.45) is 2.11. The molecule has 0 amide bonds. The lowest BCUT2D eigenvalue weighted by atomic mass is 10.2. The van der Waals surface area contributed by atoms with Crippen LogP contribution in [0.2, 0.25) is 0 Å². The molecule has 0 unspecified atom stereocenters. The van der Waals surface area contributed by atoms with Crippen LogP contribution in [0.15, 0.2) is 60.2 Å². The van der Waals surface area contributed by atoms with Gasteiger partial charge in [-0.25, -0.2) is 0 Å². The first-order chi connectivity index (χ1) is 14.1. The van der Waals surface area contributed by atoms with E-state index in [-0.39, 0.29) is 0 Å². The Labute approximate surface area is 189 Å². The van der Waals surface area contributed by atoms with Crippen molar-refractivity contribution in [3.8, 4) is 0 Å². The number of halogens is 4. The van der Waals surface area contributed by atoms with E-state index in [0.29, 0.717) is 0 Å². The van der Waals surface area contributed by atoms with E-state index in [4.69, 9.17) is 0 Å². The fraction of sp³-hybridized carbons (Fsp3) is 0.222. The van der Waals surface area contributed by atoms with Crippen molar-refractivity contribution in [2.45, 2.75) is 20.4 Å². The van der Waals surface area contributed by atoms with Crippen LogP contribution in [-0.2, 0) is 13.6 Å². The summed E-state index contributed by atoms with van der Waals surface area (Å²) < 4.78 is 45.8. The maximum absolute atomic E-state index is 9.75. The average Bonchev–Trinajstić information content (AvgIpc) is 3.34. The molecule has 0 N–H and O–H groups in total. The number of allylic oxidation sites excluding steroid dienone is 2. The van der Waals surface area contributed by atoms with E-state index in [0.717, 1.165) is 6.54 Å². The lowest BCUT2D eigenvalue weighted by Gasteiger charge is -2.02. The van der Waals surface area contributed by atoms with E-state index in [1.807, 2.05) is 64.8 Å². The summed E-state index contributed by atoms with van der Waals surface area (Å²) in [5, 5.41) is 6.89. The second-order valence-electron chi connectivity index (χ2n) is 6.31. The van der Waals surface area contributed by atoms with Crippen molar-refractivity contribution in [1.29, 1.82) is 0 Å². The lowest BCUT2D eigenvalue weighted by Crippen LogP contribution is -2.30. The van der Waals surface area contributed by atoms with Crippen LogP contribution in [0.25, 0.3) is 4.91 Å². The smallest absolute Gasteiger partial charge is 0.418 e. The standard InChI is InChI=1S/C18H18N3S4.BF4/c1-12-13(2)24-18(23-12)17-22-11-16(25-17)15-10-20(3)19-21(15)9-14-7-5-4-6-8-14;2-1(3,4)5/h4-8,10-11H,9H2,1-3H3;/q+1;-1. The topological polar surface area (TPSA) is 21.7 Å². The van der Waals surface area contributed by atoms with Crippen LogP contribution in [0, 0.1) is 0 Å². The molecule has 0 saturated heterocycles. The maximum Gasteiger partial charge on any atom is 0.673 e. The number of nitrogens with zero attached hydrogens (tertiary/aromatic N) is 3. The van der Waals surface area contributed by atoms with E-state index in [1.54, 1.807) is 0 Å². The van der Waals surface area contributed by atoms with Crippen LogP contribution in [0.5, 0.6) is 0 Å². The van der Waals surface area contributed by atoms with Gasteiger partial charge in [-0.05, 0) is 34.6 Å². The summed E-state index contributed by atoms with van der Waals surface area (Å²) in [5.41, 5.74) is 2.44. The number of rotatable bonds is 3. The van der Waals surface area contributed by atoms with Gasteiger partial charge in [0.25, 0.3) is 0 Å². The van der Waals surface area contributed by atoms with E-state index in [9.17, 15) is 17.3 Å². The third kappa shape index (κ3) is 6.63. The molecule has 2 aromatic rings. The quantitative estimate of drug-likeness (QED) is 0.270. The zero-order valence-corrected chi connectivity index (χ0v) is 19.6. The molecule has 0 spiro atoms. The van der Waals surface area contributed by atoms with Crippen molar-refractivity contribution in [2.24, 2.45) is 7.05 Å². The highest BCUT2D eigenvalue weighted by Crippen LogP contribution is 2.59. The molecule has 3 nitrogen and oxygen atoms in total. The summed E-state index contributed by atoms with van der Waals surface area (Å²) in [4.78, 5) is 4.12. The Hall–Kier alpha value is -1.24. The lowest BCUT2D eigenvalue weighted by molar-refractivity contribution is -0.732. The third-order valence-electron chi connectivity index (χ3n) is 3.89. The number of benzene rings is 1. The van der Waals surface area contributed by atoms with Gasteiger partial charge in [0.2, 0.25) is 5.69 Å². The van der Waals surface area contributed by atoms with Gasteiger partial charge in [-0.15, -0.1) is 9.36 Å². The number of thioether (sulfide) groups is 4. The first-order valence-corrected chi connectivity index (χ1v) is 12.1. The SMILES string of the molecule is CC1=C(C)SC(=C2SC=C(c3c[n+](C)nn3Cc3ccccc3)S2)S1.F[B-](F)(F)F. The molecular formula is C18H18BF4N3S4. The van der Waals surface area contributed by atoms with Crippen LogP contribution in [0.3, 0.4) is 0 Å². The van der Waals surface area contributed by atoms with Gasteiger partial charge in [-0.1, -0.05) is 77.4 Å². The molecule has 160 valence electrons. The van der Waals surface area contributed by atoms with E-state index in [1.165, 1.54) is 34.4 Å². The Morgan fingerprint density at radius 1 is 0.967 bits per heavy atom. The molecule has 0 aliphatic carbocycles. The van der Waals surface area contributed by atoms with Gasteiger partial charge in [0, 0.05) is 0 Å². The van der Waals surface area contributed by atoms with Crippen LogP contribution in [-0.4, -0.2) is 17.1 Å². The fourth-order valence-electron chi connectivity index (χ4n) is 2.54. The van der Waals surface area contributed by atoms with Crippen molar-refractivity contribution in [3.05, 3.63) is 71.5 Å². The first kappa shape index (κ1) is 23.4. The van der Waals surface area contributed by atoms with E-state index >= 15 is 0 Å². The Morgan fingerprint density at radius 3 is 2.17 bits per heavy atom. The van der Waals surface area contributed by atoms with Crippen LogP contribution in [0.1, 0.15) is 25.1 Å². The minimum Gasteiger partial charge on any atom is -0.418 e.